The molecule has 1 fully saturated rings. The molecule has 0 saturated carbocycles. The van der Waals surface area contributed by atoms with Crippen molar-refractivity contribution in [2.24, 2.45) is 0 Å². The van der Waals surface area contributed by atoms with E-state index in [4.69, 9.17) is 10.1 Å². The number of rotatable bonds is 2. The first-order valence-corrected chi connectivity index (χ1v) is 7.88. The Kier molecular flexibility index (Phi) is 3.61. The zero-order valence-corrected chi connectivity index (χ0v) is 12.5. The summed E-state index contributed by atoms with van der Waals surface area (Å²) < 4.78 is 2.19. The Morgan fingerprint density at radius 2 is 2.00 bits per heavy atom. The number of aromatic nitrogens is 3. The van der Waals surface area contributed by atoms with Crippen molar-refractivity contribution >= 4 is 0 Å². The van der Waals surface area contributed by atoms with Crippen LogP contribution >= 0.6 is 0 Å². The smallest absolute Gasteiger partial charge is 0.168 e. The Bertz CT molecular complexity index is 437. The largest absolute Gasteiger partial charge is 0.291 e. The number of fused-ring (bicyclic) bond motifs is 1. The van der Waals surface area contributed by atoms with Crippen LogP contribution in [0.4, 0.5) is 0 Å². The lowest BCUT2D eigenvalue weighted by Gasteiger charge is -2.37. The maximum atomic E-state index is 4.87. The van der Waals surface area contributed by atoms with Crippen molar-refractivity contribution in [2.45, 2.75) is 77.4 Å². The molecule has 2 atom stereocenters. The number of aryl methyl sites for hydroxylation is 1. The Morgan fingerprint density at radius 3 is 2.74 bits per heavy atom. The topological polar surface area (TPSA) is 34.0 Å². The lowest BCUT2D eigenvalue weighted by Crippen LogP contribution is -2.39. The SMILES string of the molecule is CC(C)N1CCCCC1c1nc2n(n1)C(C)CCC2. The summed E-state index contributed by atoms with van der Waals surface area (Å²) in [6.45, 7) is 8.04. The van der Waals surface area contributed by atoms with Gasteiger partial charge in [0.2, 0.25) is 0 Å². The van der Waals surface area contributed by atoms with E-state index in [9.17, 15) is 0 Å². The second-order valence-electron chi connectivity index (χ2n) is 6.42. The molecule has 0 radical (unpaired) electrons. The molecule has 3 heterocycles. The monoisotopic (exact) mass is 262 g/mol. The standard InChI is InChI=1S/C15H26N4/c1-11(2)18-10-5-4-8-13(18)15-16-14-9-6-7-12(3)19(14)17-15/h11-13H,4-10H2,1-3H3. The van der Waals surface area contributed by atoms with Crippen LogP contribution in [0.2, 0.25) is 0 Å². The van der Waals surface area contributed by atoms with Gasteiger partial charge >= 0.3 is 0 Å². The predicted molar refractivity (Wildman–Crippen MR) is 76.1 cm³/mol. The molecular weight excluding hydrogens is 236 g/mol. The highest BCUT2D eigenvalue weighted by Crippen LogP contribution is 2.32. The van der Waals surface area contributed by atoms with Gasteiger partial charge in [-0.15, -0.1) is 0 Å². The Balaban J connectivity index is 1.88. The molecule has 4 heteroatoms. The van der Waals surface area contributed by atoms with E-state index in [-0.39, 0.29) is 0 Å². The van der Waals surface area contributed by atoms with Crippen LogP contribution in [0.1, 0.15) is 76.6 Å². The first kappa shape index (κ1) is 13.1. The van der Waals surface area contributed by atoms with Crippen LogP contribution in [0.5, 0.6) is 0 Å². The maximum Gasteiger partial charge on any atom is 0.168 e. The van der Waals surface area contributed by atoms with E-state index >= 15 is 0 Å². The van der Waals surface area contributed by atoms with Crippen LogP contribution in [-0.2, 0) is 6.42 Å². The number of hydrogen-bond acceptors (Lipinski definition) is 3. The van der Waals surface area contributed by atoms with Crippen LogP contribution in [-0.4, -0.2) is 32.3 Å². The average Bonchev–Trinajstić information content (AvgIpc) is 2.84. The van der Waals surface area contributed by atoms with E-state index in [1.54, 1.807) is 0 Å². The van der Waals surface area contributed by atoms with Crippen LogP contribution in [0, 0.1) is 0 Å². The van der Waals surface area contributed by atoms with Crippen LogP contribution in [0.25, 0.3) is 0 Å². The summed E-state index contributed by atoms with van der Waals surface area (Å²) >= 11 is 0. The molecule has 2 aliphatic rings. The summed E-state index contributed by atoms with van der Waals surface area (Å²) in [7, 11) is 0. The molecule has 1 aromatic heterocycles. The molecule has 106 valence electrons. The summed E-state index contributed by atoms with van der Waals surface area (Å²) in [6.07, 6.45) is 7.46. The van der Waals surface area contributed by atoms with Gasteiger partial charge in [-0.25, -0.2) is 9.67 Å². The minimum Gasteiger partial charge on any atom is -0.291 e. The highest BCUT2D eigenvalue weighted by atomic mass is 15.4. The van der Waals surface area contributed by atoms with Gasteiger partial charge in [0.25, 0.3) is 0 Å². The fourth-order valence-electron chi connectivity index (χ4n) is 3.57. The van der Waals surface area contributed by atoms with Gasteiger partial charge in [0.1, 0.15) is 5.82 Å². The van der Waals surface area contributed by atoms with Gasteiger partial charge in [-0.1, -0.05) is 6.42 Å². The normalized spacial score (nSPS) is 28.6. The molecule has 1 saturated heterocycles. The molecule has 4 nitrogen and oxygen atoms in total. The predicted octanol–water partition coefficient (Wildman–Crippen LogP) is 3.11. The zero-order valence-electron chi connectivity index (χ0n) is 12.5. The molecule has 3 rings (SSSR count). The Morgan fingerprint density at radius 1 is 1.16 bits per heavy atom. The average molecular weight is 262 g/mol. The molecule has 19 heavy (non-hydrogen) atoms. The lowest BCUT2D eigenvalue weighted by atomic mass is 10.00. The van der Waals surface area contributed by atoms with E-state index in [1.807, 2.05) is 0 Å². The van der Waals surface area contributed by atoms with Crippen LogP contribution in [0.15, 0.2) is 0 Å². The van der Waals surface area contributed by atoms with Crippen molar-refractivity contribution < 1.29 is 0 Å². The first-order valence-electron chi connectivity index (χ1n) is 7.88. The molecule has 0 N–H and O–H groups in total. The second kappa shape index (κ2) is 5.23. The second-order valence-corrected chi connectivity index (χ2v) is 6.42. The number of piperidine rings is 1. The van der Waals surface area contributed by atoms with Gasteiger partial charge in [0.15, 0.2) is 5.82 Å². The van der Waals surface area contributed by atoms with Crippen molar-refractivity contribution in [3.05, 3.63) is 11.6 Å². The highest BCUT2D eigenvalue weighted by Gasteiger charge is 2.30. The van der Waals surface area contributed by atoms with Crippen molar-refractivity contribution in [3.63, 3.8) is 0 Å². The number of likely N-dealkylation sites (tertiary alicyclic amines) is 1. The van der Waals surface area contributed by atoms with Gasteiger partial charge in [-0.05, 0) is 53.0 Å². The molecule has 0 aromatic carbocycles. The molecule has 0 bridgehead atoms. The maximum absolute atomic E-state index is 4.87. The van der Waals surface area contributed by atoms with Gasteiger partial charge in [0.05, 0.1) is 12.1 Å². The Hall–Kier alpha value is -0.900. The van der Waals surface area contributed by atoms with E-state index in [1.165, 1.54) is 44.5 Å². The molecular formula is C15H26N4. The van der Waals surface area contributed by atoms with E-state index in [2.05, 4.69) is 30.4 Å². The van der Waals surface area contributed by atoms with Crippen molar-refractivity contribution in [3.8, 4) is 0 Å². The third-order valence-corrected chi connectivity index (χ3v) is 4.66. The fraction of sp³-hybridized carbons (Fsp3) is 0.867. The number of hydrogen-bond donors (Lipinski definition) is 0. The third kappa shape index (κ3) is 2.42. The van der Waals surface area contributed by atoms with E-state index in [0.29, 0.717) is 18.1 Å². The fourth-order valence-corrected chi connectivity index (χ4v) is 3.57. The summed E-state index contributed by atoms with van der Waals surface area (Å²) in [5.74, 6) is 2.29. The molecule has 2 unspecified atom stereocenters. The molecule has 0 aliphatic carbocycles. The third-order valence-electron chi connectivity index (χ3n) is 4.66. The first-order chi connectivity index (χ1) is 9.16. The highest BCUT2D eigenvalue weighted by molar-refractivity contribution is 5.04. The summed E-state index contributed by atoms with van der Waals surface area (Å²) in [6, 6.07) is 1.56. The number of nitrogens with zero attached hydrogens (tertiary/aromatic N) is 4. The lowest BCUT2D eigenvalue weighted by molar-refractivity contribution is 0.106. The minimum absolute atomic E-state index is 0.444. The van der Waals surface area contributed by atoms with Gasteiger partial charge in [-0.2, -0.15) is 5.10 Å². The molecule has 2 aliphatic heterocycles. The zero-order chi connectivity index (χ0) is 13.4. The van der Waals surface area contributed by atoms with Crippen LogP contribution < -0.4 is 0 Å². The Labute approximate surface area is 116 Å². The summed E-state index contributed by atoms with van der Waals surface area (Å²) in [5, 5.41) is 4.85. The van der Waals surface area contributed by atoms with Gasteiger partial charge in [-0.3, -0.25) is 4.90 Å². The summed E-state index contributed by atoms with van der Waals surface area (Å²) in [4.78, 5) is 7.45. The van der Waals surface area contributed by atoms with Gasteiger partial charge in [0, 0.05) is 12.5 Å². The minimum atomic E-state index is 0.444. The van der Waals surface area contributed by atoms with Crippen LogP contribution in [0.3, 0.4) is 0 Å². The summed E-state index contributed by atoms with van der Waals surface area (Å²) in [5.41, 5.74) is 0. The van der Waals surface area contributed by atoms with E-state index in [0.717, 1.165) is 12.2 Å². The quantitative estimate of drug-likeness (QED) is 0.821. The molecule has 0 amide bonds. The van der Waals surface area contributed by atoms with Crippen molar-refractivity contribution in [2.75, 3.05) is 6.54 Å². The van der Waals surface area contributed by atoms with Crippen molar-refractivity contribution in [1.82, 2.24) is 19.7 Å². The molecule has 1 aromatic rings. The van der Waals surface area contributed by atoms with Crippen molar-refractivity contribution in [1.29, 1.82) is 0 Å². The molecule has 0 spiro atoms. The van der Waals surface area contributed by atoms with Gasteiger partial charge < -0.3 is 0 Å². The van der Waals surface area contributed by atoms with E-state index < -0.39 is 0 Å².